The summed E-state index contributed by atoms with van der Waals surface area (Å²) in [7, 11) is 0. The average Bonchev–Trinajstić information content (AvgIpc) is 3.08. The van der Waals surface area contributed by atoms with Crippen LogP contribution in [0.5, 0.6) is 0 Å². The summed E-state index contributed by atoms with van der Waals surface area (Å²) in [5.74, 6) is -1.36. The second kappa shape index (κ2) is 39.6. The Morgan fingerprint density at radius 2 is 0.854 bits per heavy atom. The summed E-state index contributed by atoms with van der Waals surface area (Å²) < 4.78 is 5.33. The summed E-state index contributed by atoms with van der Waals surface area (Å²) in [5.41, 5.74) is 0. The standard InChI is InChI=1S/C44H80O4/c1-3-5-7-9-11-13-15-17-19-21-22-23-25-26-28-30-32-34-36-38-40-42(44(46)47)48-43(45)41-39-37-35-33-31-29-27-24-20-18-16-14-12-10-8-6-4-2/h6,8,12,14,18,20,42H,3-5,7,9-11,13,15-17,19,21-41H2,1-2H3,(H,46,47)/b8-6-,14-12-,20-18-. The third-order valence-electron chi connectivity index (χ3n) is 9.40. The number of unbranched alkanes of at least 4 members (excludes halogenated alkanes) is 26. The van der Waals surface area contributed by atoms with Crippen molar-refractivity contribution in [3.63, 3.8) is 0 Å². The quantitative estimate of drug-likeness (QED) is 0.0403. The molecule has 0 spiro atoms. The van der Waals surface area contributed by atoms with E-state index in [1.807, 2.05) is 0 Å². The molecule has 0 aromatic carbocycles. The van der Waals surface area contributed by atoms with E-state index in [1.54, 1.807) is 0 Å². The van der Waals surface area contributed by atoms with Gasteiger partial charge in [-0.2, -0.15) is 0 Å². The summed E-state index contributed by atoms with van der Waals surface area (Å²) >= 11 is 0. The molecule has 0 saturated carbocycles. The van der Waals surface area contributed by atoms with Crippen LogP contribution in [0.25, 0.3) is 0 Å². The normalized spacial score (nSPS) is 12.5. The highest BCUT2D eigenvalue weighted by atomic mass is 16.6. The van der Waals surface area contributed by atoms with Gasteiger partial charge in [-0.05, 0) is 51.4 Å². The van der Waals surface area contributed by atoms with Crippen LogP contribution < -0.4 is 0 Å². The van der Waals surface area contributed by atoms with Gasteiger partial charge in [0.1, 0.15) is 0 Å². The molecule has 0 rings (SSSR count). The highest BCUT2D eigenvalue weighted by molar-refractivity contribution is 5.77. The zero-order valence-electron chi connectivity index (χ0n) is 32.0. The lowest BCUT2D eigenvalue weighted by molar-refractivity contribution is -0.164. The SMILES string of the molecule is CC/C=C\C/C=C\C/C=C\CCCCCCCCCC(=O)OC(CCCCCCCCCCCCCCCCCCCCCC)C(=O)O. The third kappa shape index (κ3) is 37.0. The summed E-state index contributed by atoms with van der Waals surface area (Å²) in [6, 6.07) is 0. The summed E-state index contributed by atoms with van der Waals surface area (Å²) in [6.45, 7) is 4.44. The Labute approximate surface area is 299 Å². The van der Waals surface area contributed by atoms with Crippen LogP contribution in [0, 0.1) is 0 Å². The fourth-order valence-corrected chi connectivity index (χ4v) is 6.28. The number of rotatable bonds is 38. The molecule has 0 heterocycles. The molecule has 0 aliphatic heterocycles. The van der Waals surface area contributed by atoms with Crippen molar-refractivity contribution in [2.75, 3.05) is 0 Å². The van der Waals surface area contributed by atoms with Crippen molar-refractivity contribution >= 4 is 11.9 Å². The zero-order chi connectivity index (χ0) is 35.0. The number of carboxylic acid groups (broad SMARTS) is 1. The van der Waals surface area contributed by atoms with Crippen LogP contribution in [0.2, 0.25) is 0 Å². The van der Waals surface area contributed by atoms with Gasteiger partial charge in [-0.1, -0.05) is 204 Å². The first-order chi connectivity index (χ1) is 23.6. The molecule has 4 heteroatoms. The van der Waals surface area contributed by atoms with E-state index in [2.05, 4.69) is 50.3 Å². The fraction of sp³-hybridized carbons (Fsp3) is 0.818. The first-order valence-corrected chi connectivity index (χ1v) is 21.0. The number of esters is 1. The molecule has 0 aromatic rings. The Morgan fingerprint density at radius 1 is 0.479 bits per heavy atom. The Morgan fingerprint density at radius 3 is 1.29 bits per heavy atom. The first kappa shape index (κ1) is 46.2. The molecule has 4 nitrogen and oxygen atoms in total. The molecule has 0 radical (unpaired) electrons. The number of carboxylic acids is 1. The highest BCUT2D eigenvalue weighted by Crippen LogP contribution is 2.17. The molecule has 48 heavy (non-hydrogen) atoms. The molecule has 0 aromatic heterocycles. The number of hydrogen-bond acceptors (Lipinski definition) is 3. The molecule has 1 unspecified atom stereocenters. The molecular weight excluding hydrogens is 592 g/mol. The lowest BCUT2D eigenvalue weighted by Gasteiger charge is -2.13. The van der Waals surface area contributed by atoms with Gasteiger partial charge in [-0.3, -0.25) is 4.79 Å². The number of hydrogen-bond donors (Lipinski definition) is 1. The lowest BCUT2D eigenvalue weighted by Crippen LogP contribution is -2.27. The Balaban J connectivity index is 3.53. The number of ether oxygens (including phenoxy) is 1. The minimum Gasteiger partial charge on any atom is -0.479 e. The Hall–Kier alpha value is -1.84. The number of aliphatic carboxylic acids is 1. The number of carbonyl (C=O) groups excluding carboxylic acids is 1. The second-order valence-corrected chi connectivity index (χ2v) is 14.1. The van der Waals surface area contributed by atoms with Crippen molar-refractivity contribution in [3.8, 4) is 0 Å². The molecule has 280 valence electrons. The van der Waals surface area contributed by atoms with Crippen LogP contribution in [-0.4, -0.2) is 23.1 Å². The molecule has 0 bridgehead atoms. The van der Waals surface area contributed by atoms with Gasteiger partial charge in [0.25, 0.3) is 0 Å². The average molecular weight is 673 g/mol. The molecular formula is C44H80O4. The van der Waals surface area contributed by atoms with E-state index in [0.29, 0.717) is 12.8 Å². The van der Waals surface area contributed by atoms with E-state index in [-0.39, 0.29) is 5.97 Å². The second-order valence-electron chi connectivity index (χ2n) is 14.1. The monoisotopic (exact) mass is 673 g/mol. The molecule has 0 saturated heterocycles. The molecule has 1 atom stereocenters. The maximum atomic E-state index is 12.2. The lowest BCUT2D eigenvalue weighted by atomic mass is 10.0. The van der Waals surface area contributed by atoms with Crippen LogP contribution in [0.1, 0.15) is 226 Å². The zero-order valence-corrected chi connectivity index (χ0v) is 32.0. The van der Waals surface area contributed by atoms with Gasteiger partial charge in [0.2, 0.25) is 0 Å². The van der Waals surface area contributed by atoms with Gasteiger partial charge < -0.3 is 9.84 Å². The maximum Gasteiger partial charge on any atom is 0.345 e. The van der Waals surface area contributed by atoms with E-state index in [9.17, 15) is 14.7 Å². The largest absolute Gasteiger partial charge is 0.479 e. The van der Waals surface area contributed by atoms with Crippen molar-refractivity contribution in [2.24, 2.45) is 0 Å². The van der Waals surface area contributed by atoms with E-state index < -0.39 is 12.1 Å². The first-order valence-electron chi connectivity index (χ1n) is 21.0. The van der Waals surface area contributed by atoms with Crippen molar-refractivity contribution < 1.29 is 19.4 Å². The Bertz CT molecular complexity index is 768. The van der Waals surface area contributed by atoms with Crippen molar-refractivity contribution in [1.29, 1.82) is 0 Å². The maximum absolute atomic E-state index is 12.2. The topological polar surface area (TPSA) is 63.6 Å². The molecule has 1 N–H and O–H groups in total. The molecule has 0 aliphatic rings. The van der Waals surface area contributed by atoms with Crippen molar-refractivity contribution in [1.82, 2.24) is 0 Å². The van der Waals surface area contributed by atoms with Gasteiger partial charge >= 0.3 is 11.9 Å². The van der Waals surface area contributed by atoms with Crippen molar-refractivity contribution in [3.05, 3.63) is 36.5 Å². The highest BCUT2D eigenvalue weighted by Gasteiger charge is 2.21. The third-order valence-corrected chi connectivity index (χ3v) is 9.40. The predicted octanol–water partition coefficient (Wildman–Crippen LogP) is 14.6. The molecule has 0 amide bonds. The molecule has 0 aliphatic carbocycles. The van der Waals surface area contributed by atoms with Gasteiger partial charge in [0, 0.05) is 6.42 Å². The van der Waals surface area contributed by atoms with E-state index >= 15 is 0 Å². The number of allylic oxidation sites excluding steroid dienone is 6. The molecule has 0 fully saturated rings. The van der Waals surface area contributed by atoms with Gasteiger partial charge in [-0.15, -0.1) is 0 Å². The van der Waals surface area contributed by atoms with E-state index in [4.69, 9.17) is 4.74 Å². The smallest absolute Gasteiger partial charge is 0.345 e. The van der Waals surface area contributed by atoms with Gasteiger partial charge in [-0.25, -0.2) is 4.79 Å². The fourth-order valence-electron chi connectivity index (χ4n) is 6.28. The predicted molar refractivity (Wildman–Crippen MR) is 209 cm³/mol. The summed E-state index contributed by atoms with van der Waals surface area (Å²) in [6.07, 6.45) is 51.9. The summed E-state index contributed by atoms with van der Waals surface area (Å²) in [5, 5.41) is 9.51. The van der Waals surface area contributed by atoms with Crippen LogP contribution >= 0.6 is 0 Å². The van der Waals surface area contributed by atoms with Gasteiger partial charge in [0.05, 0.1) is 0 Å². The van der Waals surface area contributed by atoms with Crippen LogP contribution in [0.15, 0.2) is 36.5 Å². The minimum absolute atomic E-state index is 0.331. The van der Waals surface area contributed by atoms with Crippen LogP contribution in [0.4, 0.5) is 0 Å². The van der Waals surface area contributed by atoms with Gasteiger partial charge in [0.15, 0.2) is 6.10 Å². The van der Waals surface area contributed by atoms with E-state index in [1.165, 1.54) is 135 Å². The number of carbonyl (C=O) groups is 2. The van der Waals surface area contributed by atoms with Crippen LogP contribution in [0.3, 0.4) is 0 Å². The minimum atomic E-state index is -1.01. The van der Waals surface area contributed by atoms with E-state index in [0.717, 1.165) is 64.2 Å². The summed E-state index contributed by atoms with van der Waals surface area (Å²) in [4.78, 5) is 23.8. The Kier molecular flexibility index (Phi) is 38.1. The van der Waals surface area contributed by atoms with Crippen LogP contribution in [-0.2, 0) is 14.3 Å². The van der Waals surface area contributed by atoms with Crippen molar-refractivity contribution in [2.45, 2.75) is 232 Å².